The van der Waals surface area contributed by atoms with Gasteiger partial charge in [0.2, 0.25) is 0 Å². The van der Waals surface area contributed by atoms with Crippen LogP contribution < -0.4 is 0 Å². The van der Waals surface area contributed by atoms with E-state index in [1.807, 2.05) is 0 Å². The molecule has 1 aliphatic carbocycles. The highest BCUT2D eigenvalue weighted by atomic mass is 16.4. The average Bonchev–Trinajstić information content (AvgIpc) is 3.21. The van der Waals surface area contributed by atoms with Crippen molar-refractivity contribution in [3.8, 4) is 0 Å². The number of aromatic nitrogens is 3. The Morgan fingerprint density at radius 1 is 1.33 bits per heavy atom. The highest BCUT2D eigenvalue weighted by Crippen LogP contribution is 2.50. The number of carboxylic acid groups (broad SMARTS) is 1. The van der Waals surface area contributed by atoms with E-state index in [0.29, 0.717) is 18.5 Å². The molecule has 1 saturated carbocycles. The van der Waals surface area contributed by atoms with Crippen molar-refractivity contribution in [3.63, 3.8) is 0 Å². The molecule has 7 heteroatoms. The van der Waals surface area contributed by atoms with Crippen LogP contribution in [-0.2, 0) is 6.42 Å². The third-order valence-corrected chi connectivity index (χ3v) is 6.34. The number of hydrogen-bond donors (Lipinski definition) is 2. The fraction of sp³-hybridized carbons (Fsp3) is 0.824. The lowest BCUT2D eigenvalue weighted by Gasteiger charge is -2.51. The first-order valence-electron chi connectivity index (χ1n) is 9.22. The molecule has 0 atom stereocenters. The molecule has 132 valence electrons. The number of aromatic amines is 1. The van der Waals surface area contributed by atoms with Gasteiger partial charge in [0.05, 0.1) is 0 Å². The molecule has 1 spiro atoms. The van der Waals surface area contributed by atoms with Gasteiger partial charge in [0.1, 0.15) is 5.82 Å². The van der Waals surface area contributed by atoms with Crippen molar-refractivity contribution in [2.75, 3.05) is 26.2 Å². The first-order chi connectivity index (χ1) is 11.6. The molecule has 2 saturated heterocycles. The number of likely N-dealkylation sites (tertiary alicyclic amines) is 2. The van der Waals surface area contributed by atoms with Crippen LogP contribution in [0.25, 0.3) is 0 Å². The molecule has 0 radical (unpaired) electrons. The molecular weight excluding hydrogens is 306 g/mol. The monoisotopic (exact) mass is 333 g/mol. The molecule has 3 aliphatic rings. The Morgan fingerprint density at radius 2 is 2.08 bits per heavy atom. The van der Waals surface area contributed by atoms with Crippen LogP contribution in [-0.4, -0.2) is 68.4 Å². The molecule has 1 aromatic rings. The molecule has 1 amide bonds. The molecule has 1 aromatic heterocycles. The molecule has 0 aromatic carbocycles. The van der Waals surface area contributed by atoms with Crippen molar-refractivity contribution in [3.05, 3.63) is 11.6 Å². The number of amides is 1. The second kappa shape index (κ2) is 6.02. The molecule has 4 rings (SSSR count). The van der Waals surface area contributed by atoms with Crippen molar-refractivity contribution >= 4 is 6.09 Å². The summed E-state index contributed by atoms with van der Waals surface area (Å²) in [5.74, 6) is 2.46. The van der Waals surface area contributed by atoms with Crippen LogP contribution in [0.4, 0.5) is 4.79 Å². The minimum Gasteiger partial charge on any atom is -0.465 e. The van der Waals surface area contributed by atoms with Crippen LogP contribution >= 0.6 is 0 Å². The van der Waals surface area contributed by atoms with E-state index in [4.69, 9.17) is 5.11 Å². The highest BCUT2D eigenvalue weighted by molar-refractivity contribution is 5.65. The van der Waals surface area contributed by atoms with Gasteiger partial charge in [-0.15, -0.1) is 0 Å². The average molecular weight is 333 g/mol. The zero-order chi connectivity index (χ0) is 16.7. The van der Waals surface area contributed by atoms with Crippen molar-refractivity contribution in [2.24, 2.45) is 5.41 Å². The number of piperidine rings is 1. The Balaban J connectivity index is 1.27. The van der Waals surface area contributed by atoms with Crippen molar-refractivity contribution < 1.29 is 9.90 Å². The van der Waals surface area contributed by atoms with E-state index in [-0.39, 0.29) is 5.41 Å². The van der Waals surface area contributed by atoms with E-state index in [9.17, 15) is 4.79 Å². The summed E-state index contributed by atoms with van der Waals surface area (Å²) in [6, 6.07) is 0.651. The predicted octanol–water partition coefficient (Wildman–Crippen LogP) is 2.08. The topological polar surface area (TPSA) is 85.3 Å². The standard InChI is InChI=1S/C17H27N5O2/c1-2-14-18-15(20-19-14)12-3-6-21(7-4-12)13-9-17(10-13)5-8-22(11-17)16(23)24/h12-13H,2-11H2,1H3,(H,23,24)(H,18,19,20). The number of nitrogens with zero attached hydrogens (tertiary/aromatic N) is 4. The van der Waals surface area contributed by atoms with Gasteiger partial charge in [0, 0.05) is 31.5 Å². The maximum atomic E-state index is 11.1. The lowest BCUT2D eigenvalue weighted by Crippen LogP contribution is -2.54. The van der Waals surface area contributed by atoms with Gasteiger partial charge >= 0.3 is 6.09 Å². The SMILES string of the molecule is CCc1nc(C2CCN(C3CC4(CCN(C(=O)O)C4)C3)CC2)n[nH]1. The van der Waals surface area contributed by atoms with E-state index in [1.54, 1.807) is 4.90 Å². The Hall–Kier alpha value is -1.63. The minimum absolute atomic E-state index is 0.277. The number of hydrogen-bond acceptors (Lipinski definition) is 4. The van der Waals surface area contributed by atoms with Gasteiger partial charge in [-0.05, 0) is 50.6 Å². The third kappa shape index (κ3) is 2.79. The molecular formula is C17H27N5O2. The van der Waals surface area contributed by atoms with Gasteiger partial charge < -0.3 is 14.9 Å². The van der Waals surface area contributed by atoms with Crippen LogP contribution in [0.2, 0.25) is 0 Å². The number of carbonyl (C=O) groups is 1. The Kier molecular flexibility index (Phi) is 3.98. The molecule has 2 aliphatic heterocycles. The predicted molar refractivity (Wildman–Crippen MR) is 89.0 cm³/mol. The number of H-pyrrole nitrogens is 1. The normalized spacial score (nSPS) is 31.5. The molecule has 3 heterocycles. The van der Waals surface area contributed by atoms with Crippen LogP contribution in [0.1, 0.15) is 56.6 Å². The summed E-state index contributed by atoms with van der Waals surface area (Å²) in [6.07, 6.45) is 5.79. The largest absolute Gasteiger partial charge is 0.465 e. The summed E-state index contributed by atoms with van der Waals surface area (Å²) >= 11 is 0. The van der Waals surface area contributed by atoms with Gasteiger partial charge in [0.25, 0.3) is 0 Å². The Labute approximate surface area is 142 Å². The van der Waals surface area contributed by atoms with E-state index in [0.717, 1.165) is 57.0 Å². The summed E-state index contributed by atoms with van der Waals surface area (Å²) < 4.78 is 0. The Morgan fingerprint density at radius 3 is 2.67 bits per heavy atom. The zero-order valence-corrected chi connectivity index (χ0v) is 14.4. The first-order valence-corrected chi connectivity index (χ1v) is 9.22. The smallest absolute Gasteiger partial charge is 0.407 e. The van der Waals surface area contributed by atoms with Crippen LogP contribution in [0.3, 0.4) is 0 Å². The molecule has 2 N–H and O–H groups in total. The van der Waals surface area contributed by atoms with E-state index >= 15 is 0 Å². The lowest BCUT2D eigenvalue weighted by atomic mass is 9.64. The first kappa shape index (κ1) is 15.9. The van der Waals surface area contributed by atoms with Crippen LogP contribution in [0.5, 0.6) is 0 Å². The number of nitrogens with one attached hydrogen (secondary N) is 1. The van der Waals surface area contributed by atoms with Crippen LogP contribution in [0.15, 0.2) is 0 Å². The summed E-state index contributed by atoms with van der Waals surface area (Å²) in [5, 5.41) is 16.5. The van der Waals surface area contributed by atoms with Gasteiger partial charge in [0.15, 0.2) is 5.82 Å². The summed E-state index contributed by atoms with van der Waals surface area (Å²) in [5.41, 5.74) is 0.277. The van der Waals surface area contributed by atoms with Crippen molar-refractivity contribution in [2.45, 2.75) is 57.4 Å². The maximum Gasteiger partial charge on any atom is 0.407 e. The van der Waals surface area contributed by atoms with Crippen LogP contribution in [0, 0.1) is 5.41 Å². The quantitative estimate of drug-likeness (QED) is 0.884. The molecule has 24 heavy (non-hydrogen) atoms. The van der Waals surface area contributed by atoms with Crippen molar-refractivity contribution in [1.82, 2.24) is 25.0 Å². The van der Waals surface area contributed by atoms with Gasteiger partial charge in [-0.1, -0.05) is 6.92 Å². The van der Waals surface area contributed by atoms with Gasteiger partial charge in [-0.2, -0.15) is 5.10 Å². The minimum atomic E-state index is -0.755. The van der Waals surface area contributed by atoms with E-state index in [2.05, 4.69) is 27.0 Å². The molecule has 3 fully saturated rings. The number of rotatable bonds is 3. The van der Waals surface area contributed by atoms with Gasteiger partial charge in [-0.3, -0.25) is 5.10 Å². The van der Waals surface area contributed by atoms with Gasteiger partial charge in [-0.25, -0.2) is 9.78 Å². The fourth-order valence-electron chi connectivity index (χ4n) is 4.80. The second-order valence-corrected chi connectivity index (χ2v) is 7.82. The van der Waals surface area contributed by atoms with E-state index in [1.165, 1.54) is 12.8 Å². The second-order valence-electron chi connectivity index (χ2n) is 7.82. The summed E-state index contributed by atoms with van der Waals surface area (Å²) in [6.45, 7) is 5.78. The third-order valence-electron chi connectivity index (χ3n) is 6.34. The Bertz CT molecular complexity index is 602. The highest BCUT2D eigenvalue weighted by Gasteiger charge is 2.51. The zero-order valence-electron chi connectivity index (χ0n) is 14.4. The van der Waals surface area contributed by atoms with E-state index < -0.39 is 6.09 Å². The molecule has 0 bridgehead atoms. The fourth-order valence-corrected chi connectivity index (χ4v) is 4.80. The van der Waals surface area contributed by atoms with Crippen molar-refractivity contribution in [1.29, 1.82) is 0 Å². The summed E-state index contributed by atoms with van der Waals surface area (Å²) in [4.78, 5) is 19.9. The summed E-state index contributed by atoms with van der Waals surface area (Å²) in [7, 11) is 0. The molecule has 7 nitrogen and oxygen atoms in total. The molecule has 0 unspecified atom stereocenters. The maximum absolute atomic E-state index is 11.1. The lowest BCUT2D eigenvalue weighted by molar-refractivity contribution is -0.00419. The number of aryl methyl sites for hydroxylation is 1.